The Bertz CT molecular complexity index is 617. The number of hydrogen-bond donors (Lipinski definition) is 1. The van der Waals surface area contributed by atoms with Crippen molar-refractivity contribution in [3.05, 3.63) is 40.7 Å². The zero-order valence-corrected chi connectivity index (χ0v) is 9.94. The highest BCUT2D eigenvalue weighted by Gasteiger charge is 2.17. The van der Waals surface area contributed by atoms with E-state index in [4.69, 9.17) is 15.2 Å². The lowest BCUT2D eigenvalue weighted by atomic mass is 10.3. The number of nitro benzene ring substituents is 1. The van der Waals surface area contributed by atoms with E-state index < -0.39 is 4.92 Å². The Hall–Kier alpha value is -2.90. The smallest absolute Gasteiger partial charge is 0.315 e. The highest BCUT2D eigenvalue weighted by molar-refractivity contribution is 5.52. The molecule has 0 saturated heterocycles. The third-order valence-corrected chi connectivity index (χ3v) is 2.24. The first-order valence-electron chi connectivity index (χ1n) is 5.18. The summed E-state index contributed by atoms with van der Waals surface area (Å²) in [5.74, 6) is 0.743. The van der Waals surface area contributed by atoms with Gasteiger partial charge >= 0.3 is 5.69 Å². The molecule has 1 aromatic heterocycles. The molecule has 19 heavy (non-hydrogen) atoms. The monoisotopic (exact) mass is 262 g/mol. The molecule has 0 spiro atoms. The van der Waals surface area contributed by atoms with Crippen LogP contribution in [0.4, 0.5) is 11.5 Å². The molecule has 8 nitrogen and oxygen atoms in total. The molecule has 0 aliphatic rings. The van der Waals surface area contributed by atoms with Crippen molar-refractivity contribution in [1.29, 1.82) is 0 Å². The third-order valence-electron chi connectivity index (χ3n) is 2.24. The number of ether oxygens (including phenoxy) is 2. The molecule has 0 saturated carbocycles. The highest BCUT2D eigenvalue weighted by atomic mass is 16.6. The summed E-state index contributed by atoms with van der Waals surface area (Å²) in [6.07, 6.45) is 1.21. The van der Waals surface area contributed by atoms with Crippen molar-refractivity contribution in [3.63, 3.8) is 0 Å². The van der Waals surface area contributed by atoms with Crippen LogP contribution in [0.2, 0.25) is 0 Å². The fraction of sp³-hybridized carbons (Fsp3) is 0.0909. The standard InChI is InChI=1S/C11H10N4O4/c1-18-7-2-3-9(8(4-7)15(16)17)19-11-5-10(12)13-6-14-11/h2-6H,1H3,(H2,12,13,14). The molecule has 2 rings (SSSR count). The van der Waals surface area contributed by atoms with E-state index in [0.717, 1.165) is 0 Å². The van der Waals surface area contributed by atoms with Crippen molar-refractivity contribution in [2.45, 2.75) is 0 Å². The van der Waals surface area contributed by atoms with E-state index in [0.29, 0.717) is 5.75 Å². The molecule has 0 unspecified atom stereocenters. The van der Waals surface area contributed by atoms with Gasteiger partial charge in [-0.05, 0) is 12.1 Å². The lowest BCUT2D eigenvalue weighted by molar-refractivity contribution is -0.385. The number of aromatic nitrogens is 2. The van der Waals surface area contributed by atoms with Crippen LogP contribution in [0.5, 0.6) is 17.4 Å². The molecular weight excluding hydrogens is 252 g/mol. The van der Waals surface area contributed by atoms with E-state index in [-0.39, 0.29) is 23.1 Å². The van der Waals surface area contributed by atoms with Gasteiger partial charge in [-0.2, -0.15) is 0 Å². The van der Waals surface area contributed by atoms with Crippen LogP contribution in [-0.2, 0) is 0 Å². The van der Waals surface area contributed by atoms with E-state index in [1.165, 1.54) is 31.6 Å². The van der Waals surface area contributed by atoms with Gasteiger partial charge in [-0.1, -0.05) is 0 Å². The number of anilines is 1. The van der Waals surface area contributed by atoms with Crippen molar-refractivity contribution in [2.24, 2.45) is 0 Å². The topological polar surface area (TPSA) is 113 Å². The molecule has 1 aromatic carbocycles. The summed E-state index contributed by atoms with van der Waals surface area (Å²) in [6, 6.07) is 5.61. The van der Waals surface area contributed by atoms with Crippen LogP contribution in [0.25, 0.3) is 0 Å². The summed E-state index contributed by atoms with van der Waals surface area (Å²) >= 11 is 0. The van der Waals surface area contributed by atoms with E-state index >= 15 is 0 Å². The van der Waals surface area contributed by atoms with Crippen molar-refractivity contribution in [2.75, 3.05) is 12.8 Å². The first-order valence-corrected chi connectivity index (χ1v) is 5.18. The van der Waals surface area contributed by atoms with Gasteiger partial charge in [0.05, 0.1) is 18.1 Å². The van der Waals surface area contributed by atoms with Gasteiger partial charge in [0.15, 0.2) is 0 Å². The molecule has 2 aromatic rings. The Morgan fingerprint density at radius 2 is 2.11 bits per heavy atom. The van der Waals surface area contributed by atoms with Crippen LogP contribution in [0, 0.1) is 10.1 Å². The fourth-order valence-corrected chi connectivity index (χ4v) is 1.38. The Morgan fingerprint density at radius 1 is 1.32 bits per heavy atom. The largest absolute Gasteiger partial charge is 0.496 e. The molecule has 0 aliphatic carbocycles. The lowest BCUT2D eigenvalue weighted by Crippen LogP contribution is -1.97. The minimum Gasteiger partial charge on any atom is -0.496 e. The zero-order chi connectivity index (χ0) is 13.8. The Balaban J connectivity index is 2.36. The van der Waals surface area contributed by atoms with Crippen molar-refractivity contribution < 1.29 is 14.4 Å². The molecule has 0 bridgehead atoms. The van der Waals surface area contributed by atoms with Crippen LogP contribution in [-0.4, -0.2) is 22.0 Å². The molecule has 0 radical (unpaired) electrons. The van der Waals surface area contributed by atoms with Crippen molar-refractivity contribution >= 4 is 11.5 Å². The van der Waals surface area contributed by atoms with Crippen molar-refractivity contribution in [1.82, 2.24) is 9.97 Å². The van der Waals surface area contributed by atoms with Crippen LogP contribution in [0.15, 0.2) is 30.6 Å². The van der Waals surface area contributed by atoms with Gasteiger partial charge in [0, 0.05) is 6.07 Å². The number of nitro groups is 1. The van der Waals surface area contributed by atoms with Gasteiger partial charge in [-0.3, -0.25) is 10.1 Å². The summed E-state index contributed by atoms with van der Waals surface area (Å²) in [7, 11) is 1.42. The lowest BCUT2D eigenvalue weighted by Gasteiger charge is -2.06. The second kappa shape index (κ2) is 5.17. The molecule has 0 fully saturated rings. The van der Waals surface area contributed by atoms with E-state index in [2.05, 4.69) is 9.97 Å². The predicted octanol–water partition coefficient (Wildman–Crippen LogP) is 1.77. The number of rotatable bonds is 4. The SMILES string of the molecule is COc1ccc(Oc2cc(N)ncn2)c([N+](=O)[O-])c1. The summed E-state index contributed by atoms with van der Waals surface area (Å²) in [5, 5.41) is 11.0. The molecule has 1 heterocycles. The van der Waals surface area contributed by atoms with Gasteiger partial charge in [0.2, 0.25) is 11.6 Å². The molecule has 0 amide bonds. The molecule has 0 aliphatic heterocycles. The van der Waals surface area contributed by atoms with Crippen LogP contribution < -0.4 is 15.2 Å². The second-order valence-corrected chi connectivity index (χ2v) is 3.47. The van der Waals surface area contributed by atoms with Gasteiger partial charge in [0.25, 0.3) is 0 Å². The number of nitrogen functional groups attached to an aromatic ring is 1. The first kappa shape index (κ1) is 12.6. The minimum atomic E-state index is -0.567. The normalized spacial score (nSPS) is 9.95. The Kier molecular flexibility index (Phi) is 3.42. The average molecular weight is 262 g/mol. The van der Waals surface area contributed by atoms with E-state index in [1.807, 2.05) is 0 Å². The van der Waals surface area contributed by atoms with Crippen LogP contribution in [0.1, 0.15) is 0 Å². The van der Waals surface area contributed by atoms with Crippen LogP contribution >= 0.6 is 0 Å². The maximum absolute atomic E-state index is 11.0. The zero-order valence-electron chi connectivity index (χ0n) is 9.94. The Labute approximate surface area is 108 Å². The van der Waals surface area contributed by atoms with Crippen LogP contribution in [0.3, 0.4) is 0 Å². The summed E-state index contributed by atoms with van der Waals surface area (Å²) < 4.78 is 10.2. The number of methoxy groups -OCH3 is 1. The number of nitrogens with zero attached hydrogens (tertiary/aromatic N) is 3. The summed E-state index contributed by atoms with van der Waals surface area (Å²) in [6.45, 7) is 0. The minimum absolute atomic E-state index is 0.0453. The first-order chi connectivity index (χ1) is 9.10. The van der Waals surface area contributed by atoms with Gasteiger partial charge in [-0.15, -0.1) is 0 Å². The molecular formula is C11H10N4O4. The van der Waals surface area contributed by atoms with Gasteiger partial charge in [-0.25, -0.2) is 9.97 Å². The second-order valence-electron chi connectivity index (χ2n) is 3.47. The molecule has 0 atom stereocenters. The van der Waals surface area contributed by atoms with Gasteiger partial charge < -0.3 is 15.2 Å². The fourth-order valence-electron chi connectivity index (χ4n) is 1.38. The summed E-state index contributed by atoms with van der Waals surface area (Å²) in [4.78, 5) is 17.9. The number of nitrogens with two attached hydrogens (primary N) is 1. The number of hydrogen-bond acceptors (Lipinski definition) is 7. The third kappa shape index (κ3) is 2.86. The maximum atomic E-state index is 11.0. The number of benzene rings is 1. The van der Waals surface area contributed by atoms with Crippen molar-refractivity contribution in [3.8, 4) is 17.4 Å². The molecule has 8 heteroatoms. The Morgan fingerprint density at radius 3 is 2.74 bits per heavy atom. The molecule has 98 valence electrons. The van der Waals surface area contributed by atoms with Gasteiger partial charge in [0.1, 0.15) is 17.9 Å². The quantitative estimate of drug-likeness (QED) is 0.659. The predicted molar refractivity (Wildman–Crippen MR) is 66.2 cm³/mol. The summed E-state index contributed by atoms with van der Waals surface area (Å²) in [5.41, 5.74) is 5.25. The maximum Gasteiger partial charge on any atom is 0.315 e. The van der Waals surface area contributed by atoms with E-state index in [9.17, 15) is 10.1 Å². The highest BCUT2D eigenvalue weighted by Crippen LogP contribution is 2.33. The average Bonchev–Trinajstić information content (AvgIpc) is 2.39. The van der Waals surface area contributed by atoms with E-state index in [1.54, 1.807) is 6.07 Å². The molecule has 2 N–H and O–H groups in total.